The van der Waals surface area contributed by atoms with Crippen LogP contribution in [0.15, 0.2) is 54.6 Å². The Morgan fingerprint density at radius 2 is 2.11 bits per heavy atom. The van der Waals surface area contributed by atoms with Gasteiger partial charge in [-0.15, -0.1) is 0 Å². The molecular weight excluding hydrogens is 454 g/mol. The highest BCUT2D eigenvalue weighted by atomic mass is 127. The van der Waals surface area contributed by atoms with Crippen LogP contribution in [-0.4, -0.2) is 30.5 Å². The first-order chi connectivity index (χ1) is 13.1. The number of methoxy groups -OCH3 is 1. The normalized spacial score (nSPS) is 17.2. The molecule has 0 spiro atoms. The molecule has 0 fully saturated rings. The summed E-state index contributed by atoms with van der Waals surface area (Å²) in [4.78, 5) is 0. The molecule has 0 aromatic heterocycles. The van der Waals surface area contributed by atoms with Gasteiger partial charge in [0.25, 0.3) is 0 Å². The third kappa shape index (κ3) is 5.37. The van der Waals surface area contributed by atoms with Crippen molar-refractivity contribution < 1.29 is 19.5 Å². The van der Waals surface area contributed by atoms with Gasteiger partial charge in [0.15, 0.2) is 11.5 Å². The minimum Gasteiger partial charge on any atom is -0.504 e. The molecule has 0 bridgehead atoms. The molecule has 2 aromatic carbocycles. The predicted octanol–water partition coefficient (Wildman–Crippen LogP) is 4.76. The average molecular weight is 476 g/mol. The van der Waals surface area contributed by atoms with Gasteiger partial charge in [-0.3, -0.25) is 0 Å². The van der Waals surface area contributed by atoms with E-state index in [0.29, 0.717) is 12.1 Å². The van der Waals surface area contributed by atoms with Crippen molar-refractivity contribution in [1.82, 2.24) is 0 Å². The minimum absolute atomic E-state index is 0.0876. The molecule has 1 heterocycles. The van der Waals surface area contributed by atoms with Gasteiger partial charge in [-0.2, -0.15) is 0 Å². The van der Waals surface area contributed by atoms with Gasteiger partial charge < -0.3 is 19.5 Å². The summed E-state index contributed by atoms with van der Waals surface area (Å²) in [6.07, 6.45) is 8.13. The topological polar surface area (TPSA) is 58.9 Å². The second-order valence-electron chi connectivity index (χ2n) is 6.42. The Morgan fingerprint density at radius 3 is 2.81 bits per heavy atom. The number of aromatic hydroxyl groups is 1. The number of hydrogen-bond acceptors (Lipinski definition) is 4. The zero-order valence-corrected chi connectivity index (χ0v) is 17.3. The van der Waals surface area contributed by atoms with E-state index in [9.17, 15) is 10.1 Å². The first-order valence-electron chi connectivity index (χ1n) is 8.89. The Hall–Kier alpha value is -1.77. The lowest BCUT2D eigenvalue weighted by Gasteiger charge is -2.21. The van der Waals surface area contributed by atoms with Crippen LogP contribution in [0, 0.1) is 3.57 Å². The number of phenolic OH excluding ortho intramolecular Hbond substituents is 1. The van der Waals surface area contributed by atoms with Crippen LogP contribution in [0.3, 0.4) is 0 Å². The highest BCUT2D eigenvalue weighted by molar-refractivity contribution is 14.1. The highest BCUT2D eigenvalue weighted by Gasteiger charge is 2.21. The lowest BCUT2D eigenvalue weighted by molar-refractivity contribution is 0.193. The standard InChI is InChI=1S/C21H22BIO4/c1-26-20-14-15(13-19(23)21(20)24)12-17(16-6-3-2-4-7-16)9-10-18-8-5-11-22(25)27-18/h2-8,12-14,18,24-25H,9-11H2,1H3/b17-12-/t18-/m0/s1. The maximum Gasteiger partial charge on any atom is 0.458 e. The number of benzene rings is 2. The molecule has 2 aromatic rings. The molecule has 3 rings (SSSR count). The van der Waals surface area contributed by atoms with Crippen LogP contribution in [0.1, 0.15) is 24.0 Å². The van der Waals surface area contributed by atoms with Gasteiger partial charge in [0.05, 0.1) is 16.8 Å². The molecule has 0 aliphatic carbocycles. The SMILES string of the molecule is COc1cc(/C=C(/CC[C@@H]2C=CCB(O)O2)c2ccccc2)cc(I)c1O. The van der Waals surface area contributed by atoms with Crippen molar-refractivity contribution in [1.29, 1.82) is 0 Å². The number of hydrogen-bond donors (Lipinski definition) is 2. The van der Waals surface area contributed by atoms with Crippen LogP contribution >= 0.6 is 22.6 Å². The first-order valence-corrected chi connectivity index (χ1v) is 9.97. The summed E-state index contributed by atoms with van der Waals surface area (Å²) in [5.41, 5.74) is 3.27. The molecule has 0 saturated heterocycles. The van der Waals surface area contributed by atoms with Gasteiger partial charge in [0.1, 0.15) is 0 Å². The van der Waals surface area contributed by atoms with E-state index in [1.54, 1.807) is 7.11 Å². The maximum atomic E-state index is 10.1. The van der Waals surface area contributed by atoms with Gasteiger partial charge in [-0.1, -0.05) is 48.6 Å². The Kier molecular flexibility index (Phi) is 6.98. The van der Waals surface area contributed by atoms with E-state index in [1.807, 2.05) is 42.5 Å². The molecule has 4 nitrogen and oxygen atoms in total. The van der Waals surface area contributed by atoms with Crippen LogP contribution in [0.5, 0.6) is 11.5 Å². The van der Waals surface area contributed by atoms with Gasteiger partial charge in [0.2, 0.25) is 0 Å². The fraction of sp³-hybridized carbons (Fsp3) is 0.238. The highest BCUT2D eigenvalue weighted by Crippen LogP contribution is 2.34. The third-order valence-corrected chi connectivity index (χ3v) is 5.30. The van der Waals surface area contributed by atoms with E-state index in [1.165, 1.54) is 0 Å². The maximum absolute atomic E-state index is 10.1. The van der Waals surface area contributed by atoms with Crippen molar-refractivity contribution in [2.75, 3.05) is 7.11 Å². The van der Waals surface area contributed by atoms with Crippen LogP contribution in [0.2, 0.25) is 6.32 Å². The third-order valence-electron chi connectivity index (χ3n) is 4.47. The first kappa shape index (κ1) is 20.0. The van der Waals surface area contributed by atoms with Crippen molar-refractivity contribution >= 4 is 41.4 Å². The molecule has 0 amide bonds. The van der Waals surface area contributed by atoms with Gasteiger partial charge >= 0.3 is 7.12 Å². The molecular formula is C21H22BIO4. The number of rotatable bonds is 6. The van der Waals surface area contributed by atoms with E-state index >= 15 is 0 Å². The van der Waals surface area contributed by atoms with Crippen LogP contribution in [-0.2, 0) is 4.65 Å². The number of ether oxygens (including phenoxy) is 1. The lowest BCUT2D eigenvalue weighted by atomic mass is 9.82. The Labute approximate surface area is 173 Å². The number of halogens is 1. The predicted molar refractivity (Wildman–Crippen MR) is 118 cm³/mol. The molecule has 1 atom stereocenters. The smallest absolute Gasteiger partial charge is 0.458 e. The summed E-state index contributed by atoms with van der Waals surface area (Å²) in [5, 5.41) is 19.8. The van der Waals surface area contributed by atoms with E-state index in [2.05, 4.69) is 40.8 Å². The van der Waals surface area contributed by atoms with Crippen molar-refractivity contribution in [3.63, 3.8) is 0 Å². The van der Waals surface area contributed by atoms with E-state index in [0.717, 1.165) is 33.1 Å². The number of allylic oxidation sites excluding steroid dienone is 2. The van der Waals surface area contributed by atoms with Gasteiger partial charge in [0, 0.05) is 6.32 Å². The van der Waals surface area contributed by atoms with Crippen LogP contribution in [0.4, 0.5) is 0 Å². The average Bonchev–Trinajstić information content (AvgIpc) is 2.68. The van der Waals surface area contributed by atoms with Crippen LogP contribution < -0.4 is 4.74 Å². The van der Waals surface area contributed by atoms with E-state index < -0.39 is 7.12 Å². The zero-order chi connectivity index (χ0) is 19.2. The summed E-state index contributed by atoms with van der Waals surface area (Å²) >= 11 is 2.10. The largest absolute Gasteiger partial charge is 0.504 e. The summed E-state index contributed by atoms with van der Waals surface area (Å²) in [7, 11) is 0.835. The van der Waals surface area contributed by atoms with E-state index in [-0.39, 0.29) is 11.9 Å². The second kappa shape index (κ2) is 9.44. The Morgan fingerprint density at radius 1 is 1.33 bits per heavy atom. The van der Waals surface area contributed by atoms with Gasteiger partial charge in [-0.05, 0) is 64.3 Å². The Bertz CT molecular complexity index is 836. The zero-order valence-electron chi connectivity index (χ0n) is 15.1. The molecule has 2 N–H and O–H groups in total. The fourth-order valence-corrected chi connectivity index (χ4v) is 3.72. The molecule has 140 valence electrons. The molecule has 1 aliphatic rings. The van der Waals surface area contributed by atoms with Crippen molar-refractivity contribution in [2.45, 2.75) is 25.3 Å². The van der Waals surface area contributed by atoms with E-state index in [4.69, 9.17) is 9.39 Å². The molecule has 1 aliphatic heterocycles. The van der Waals surface area contributed by atoms with Crippen LogP contribution in [0.25, 0.3) is 11.6 Å². The minimum atomic E-state index is -0.716. The summed E-state index contributed by atoms with van der Waals surface area (Å²) in [6, 6.07) is 14.0. The van der Waals surface area contributed by atoms with Crippen molar-refractivity contribution in [3.05, 3.63) is 69.3 Å². The Balaban J connectivity index is 1.88. The van der Waals surface area contributed by atoms with Crippen molar-refractivity contribution in [3.8, 4) is 11.5 Å². The molecule has 0 saturated carbocycles. The lowest BCUT2D eigenvalue weighted by Crippen LogP contribution is -2.27. The molecule has 6 heteroatoms. The second-order valence-corrected chi connectivity index (χ2v) is 7.58. The molecule has 0 radical (unpaired) electrons. The molecule has 27 heavy (non-hydrogen) atoms. The summed E-state index contributed by atoms with van der Waals surface area (Å²) < 4.78 is 11.6. The van der Waals surface area contributed by atoms with Gasteiger partial charge in [-0.25, -0.2) is 0 Å². The number of phenols is 1. The summed E-state index contributed by atoms with van der Waals surface area (Å²) in [6.45, 7) is 0. The molecule has 0 unspecified atom stereocenters. The monoisotopic (exact) mass is 476 g/mol. The van der Waals surface area contributed by atoms with Crippen molar-refractivity contribution in [2.24, 2.45) is 0 Å². The fourth-order valence-electron chi connectivity index (χ4n) is 3.10. The quantitative estimate of drug-likeness (QED) is 0.273. The summed E-state index contributed by atoms with van der Waals surface area (Å²) in [5.74, 6) is 0.619.